The molecule has 7 heteroatoms. The summed E-state index contributed by atoms with van der Waals surface area (Å²) in [7, 11) is 0. The van der Waals surface area contributed by atoms with Crippen LogP contribution in [0.15, 0.2) is 60.9 Å². The summed E-state index contributed by atoms with van der Waals surface area (Å²) in [5.41, 5.74) is 6.50. The van der Waals surface area contributed by atoms with E-state index in [0.29, 0.717) is 41.3 Å². The number of nitrogens with zero attached hydrogens (tertiary/aromatic N) is 3. The molecule has 7 rings (SSSR count). The molecule has 2 aromatic heterocycles. The van der Waals surface area contributed by atoms with Gasteiger partial charge in [0.15, 0.2) is 0 Å². The minimum atomic E-state index is -0.832. The molecule has 2 saturated carbocycles. The Balaban J connectivity index is 1.23. The van der Waals surface area contributed by atoms with Gasteiger partial charge < -0.3 is 14.4 Å². The summed E-state index contributed by atoms with van der Waals surface area (Å²) in [4.78, 5) is 31.7. The third-order valence-electron chi connectivity index (χ3n) is 8.50. The van der Waals surface area contributed by atoms with Gasteiger partial charge in [0.05, 0.1) is 23.2 Å². The van der Waals surface area contributed by atoms with E-state index in [1.54, 1.807) is 12.3 Å². The van der Waals surface area contributed by atoms with Gasteiger partial charge in [-0.3, -0.25) is 9.59 Å². The average molecular weight is 510 g/mol. The van der Waals surface area contributed by atoms with E-state index in [1.165, 1.54) is 17.2 Å². The van der Waals surface area contributed by atoms with Crippen molar-refractivity contribution in [2.24, 2.45) is 5.92 Å². The molecule has 192 valence electrons. The lowest BCUT2D eigenvalue weighted by Crippen LogP contribution is -2.39. The molecule has 1 amide bonds. The summed E-state index contributed by atoms with van der Waals surface area (Å²) in [6, 6.07) is 15.2. The molecule has 3 heterocycles. The molecule has 2 fully saturated rings. The Kier molecular flexibility index (Phi) is 5.18. The van der Waals surface area contributed by atoms with Crippen LogP contribution in [0.5, 0.6) is 0 Å². The first kappa shape index (κ1) is 23.1. The predicted molar refractivity (Wildman–Crippen MR) is 141 cm³/mol. The van der Waals surface area contributed by atoms with Gasteiger partial charge in [-0.15, -0.1) is 0 Å². The summed E-state index contributed by atoms with van der Waals surface area (Å²) < 4.78 is 17.1. The zero-order valence-corrected chi connectivity index (χ0v) is 21.1. The number of carboxylic acids is 1. The number of amides is 1. The van der Waals surface area contributed by atoms with E-state index >= 15 is 4.39 Å². The first-order valence-corrected chi connectivity index (χ1v) is 13.3. The van der Waals surface area contributed by atoms with Gasteiger partial charge in [0.2, 0.25) is 0 Å². The molecule has 6 nitrogen and oxygen atoms in total. The van der Waals surface area contributed by atoms with E-state index in [0.717, 1.165) is 30.5 Å². The van der Waals surface area contributed by atoms with E-state index in [1.807, 2.05) is 39.8 Å². The molecule has 0 bridgehead atoms. The molecule has 1 aliphatic heterocycles. The molecule has 1 N–H and O–H groups in total. The van der Waals surface area contributed by atoms with Crippen LogP contribution < -0.4 is 0 Å². The molecule has 0 radical (unpaired) electrons. The number of hydrogen-bond acceptors (Lipinski definition) is 3. The fourth-order valence-corrected chi connectivity index (χ4v) is 6.09. The number of hydrogen-bond donors (Lipinski definition) is 1. The highest BCUT2D eigenvalue weighted by atomic mass is 19.1. The van der Waals surface area contributed by atoms with Crippen LogP contribution in [0.2, 0.25) is 0 Å². The standard InChI is InChI=1S/C31H28FN3O3/c1-17-22-5-3-2-4-18(22)10-11-35(17)30(36)21-12-25(19-6-7-19)29-33-28(16-34(29)15-21)23-9-8-20(13-27(23)32)24-14-26(24)31(37)38/h2-5,8-9,12-13,15-17,19,24,26H,6-7,10-11,14H2,1H3,(H,37,38)/t17-,24?,26?/m1/s1. The van der Waals surface area contributed by atoms with Crippen molar-refractivity contribution < 1.29 is 19.1 Å². The van der Waals surface area contributed by atoms with Crippen molar-refractivity contribution >= 4 is 17.5 Å². The molecule has 0 saturated heterocycles. The molecule has 2 aliphatic carbocycles. The zero-order valence-electron chi connectivity index (χ0n) is 21.1. The fraction of sp³-hybridized carbons (Fsp3) is 0.323. The van der Waals surface area contributed by atoms with Crippen molar-refractivity contribution in [2.45, 2.75) is 50.5 Å². The summed E-state index contributed by atoms with van der Waals surface area (Å²) in [5, 5.41) is 9.21. The monoisotopic (exact) mass is 509 g/mol. The smallest absolute Gasteiger partial charge is 0.307 e. The number of pyridine rings is 1. The third-order valence-corrected chi connectivity index (χ3v) is 8.50. The van der Waals surface area contributed by atoms with E-state index < -0.39 is 17.7 Å². The summed E-state index contributed by atoms with van der Waals surface area (Å²) in [5.74, 6) is -1.44. The number of benzene rings is 2. The van der Waals surface area contributed by atoms with E-state index in [2.05, 4.69) is 19.1 Å². The second kappa shape index (κ2) is 8.51. The van der Waals surface area contributed by atoms with Crippen LogP contribution in [0.3, 0.4) is 0 Å². The largest absolute Gasteiger partial charge is 0.481 e. The summed E-state index contributed by atoms with van der Waals surface area (Å²) in [6.07, 6.45) is 7.10. The predicted octanol–water partition coefficient (Wildman–Crippen LogP) is 5.97. The first-order valence-electron chi connectivity index (χ1n) is 13.3. The van der Waals surface area contributed by atoms with E-state index in [9.17, 15) is 14.7 Å². The number of aliphatic carboxylic acids is 1. The van der Waals surface area contributed by atoms with Gasteiger partial charge in [0.1, 0.15) is 11.5 Å². The molecule has 3 atom stereocenters. The van der Waals surface area contributed by atoms with Gasteiger partial charge in [-0.1, -0.05) is 30.3 Å². The minimum Gasteiger partial charge on any atom is -0.481 e. The highest BCUT2D eigenvalue weighted by Crippen LogP contribution is 2.48. The number of carboxylic acid groups (broad SMARTS) is 1. The van der Waals surface area contributed by atoms with Crippen molar-refractivity contribution in [3.8, 4) is 11.3 Å². The highest BCUT2D eigenvalue weighted by molar-refractivity contribution is 5.95. The normalized spacial score (nSPS) is 22.4. The van der Waals surface area contributed by atoms with Crippen molar-refractivity contribution in [1.82, 2.24) is 14.3 Å². The van der Waals surface area contributed by atoms with Gasteiger partial charge in [0.25, 0.3) is 5.91 Å². The first-order chi connectivity index (χ1) is 18.4. The quantitative estimate of drug-likeness (QED) is 0.360. The van der Waals surface area contributed by atoms with Gasteiger partial charge in [-0.2, -0.15) is 0 Å². The Labute approximate surface area is 219 Å². The number of carbonyl (C=O) groups excluding carboxylic acids is 1. The Morgan fingerprint density at radius 1 is 1.05 bits per heavy atom. The van der Waals surface area contributed by atoms with Gasteiger partial charge in [0, 0.05) is 24.5 Å². The molecule has 2 aromatic carbocycles. The van der Waals surface area contributed by atoms with Crippen molar-refractivity contribution in [1.29, 1.82) is 0 Å². The maximum Gasteiger partial charge on any atom is 0.307 e. The Hall–Kier alpha value is -4.00. The van der Waals surface area contributed by atoms with Crippen LogP contribution in [0.4, 0.5) is 4.39 Å². The molecule has 0 spiro atoms. The van der Waals surface area contributed by atoms with Crippen LogP contribution in [-0.2, 0) is 11.2 Å². The fourth-order valence-electron chi connectivity index (χ4n) is 6.09. The highest BCUT2D eigenvalue weighted by Gasteiger charge is 2.44. The van der Waals surface area contributed by atoms with Gasteiger partial charge in [-0.05, 0) is 84.9 Å². The Morgan fingerprint density at radius 2 is 1.87 bits per heavy atom. The van der Waals surface area contributed by atoms with E-state index in [4.69, 9.17) is 4.98 Å². The van der Waals surface area contributed by atoms with Crippen LogP contribution >= 0.6 is 0 Å². The van der Waals surface area contributed by atoms with Crippen LogP contribution in [-0.4, -0.2) is 37.8 Å². The number of carbonyl (C=O) groups is 2. The molecule has 38 heavy (non-hydrogen) atoms. The zero-order chi connectivity index (χ0) is 26.1. The average Bonchev–Trinajstić information content (AvgIpc) is 3.84. The molecule has 3 aliphatic rings. The molecule has 2 unspecified atom stereocenters. The van der Waals surface area contributed by atoms with Gasteiger partial charge >= 0.3 is 5.97 Å². The van der Waals surface area contributed by atoms with Crippen LogP contribution in [0.1, 0.15) is 76.7 Å². The Bertz CT molecular complexity index is 1620. The summed E-state index contributed by atoms with van der Waals surface area (Å²) in [6.45, 7) is 2.75. The minimum absolute atomic E-state index is 0.000922. The van der Waals surface area contributed by atoms with Crippen LogP contribution in [0, 0.1) is 11.7 Å². The number of aromatic nitrogens is 2. The van der Waals surface area contributed by atoms with E-state index in [-0.39, 0.29) is 17.9 Å². The molecular weight excluding hydrogens is 481 g/mol. The lowest BCUT2D eigenvalue weighted by molar-refractivity contribution is -0.138. The summed E-state index contributed by atoms with van der Waals surface area (Å²) >= 11 is 0. The lowest BCUT2D eigenvalue weighted by Gasteiger charge is -2.35. The number of rotatable bonds is 5. The number of imidazole rings is 1. The number of halogens is 1. The van der Waals surface area contributed by atoms with Crippen LogP contribution in [0.25, 0.3) is 16.9 Å². The maximum atomic E-state index is 15.2. The van der Waals surface area contributed by atoms with Crippen molar-refractivity contribution in [3.63, 3.8) is 0 Å². The molecular formula is C31H28FN3O3. The third kappa shape index (κ3) is 3.80. The second-order valence-electron chi connectivity index (χ2n) is 11.0. The van der Waals surface area contributed by atoms with Crippen molar-refractivity contribution in [2.75, 3.05) is 6.54 Å². The maximum absolute atomic E-state index is 15.2. The van der Waals surface area contributed by atoms with Gasteiger partial charge in [-0.25, -0.2) is 9.37 Å². The second-order valence-corrected chi connectivity index (χ2v) is 11.0. The molecule has 4 aromatic rings. The topological polar surface area (TPSA) is 74.9 Å². The number of fused-ring (bicyclic) bond motifs is 2. The SMILES string of the molecule is C[C@@H]1c2ccccc2CCN1C(=O)c1cc(C2CC2)c2nc(-c3ccc(C4CC4C(=O)O)cc3F)cn2c1. The Morgan fingerprint density at radius 3 is 2.61 bits per heavy atom. The lowest BCUT2D eigenvalue weighted by atomic mass is 9.93. The van der Waals surface area contributed by atoms with Crippen molar-refractivity contribution in [3.05, 3.63) is 94.6 Å².